The van der Waals surface area contributed by atoms with Gasteiger partial charge in [-0.2, -0.15) is 0 Å². The molecule has 0 amide bonds. The SMILES string of the molecule is CCCCCCCCCCOc1ccc(-c2cc(C(=O)O)cnc2O[C@@H](C)CC)cc1. The number of hydrogen-bond donors (Lipinski definition) is 1. The van der Waals surface area contributed by atoms with Crippen molar-refractivity contribution in [3.8, 4) is 22.8 Å². The molecule has 0 bridgehead atoms. The van der Waals surface area contributed by atoms with Crippen molar-refractivity contribution in [3.05, 3.63) is 42.1 Å². The summed E-state index contributed by atoms with van der Waals surface area (Å²) in [6.07, 6.45) is 12.4. The van der Waals surface area contributed by atoms with E-state index in [4.69, 9.17) is 9.47 Å². The predicted molar refractivity (Wildman–Crippen MR) is 125 cm³/mol. The third-order valence-corrected chi connectivity index (χ3v) is 5.42. The van der Waals surface area contributed by atoms with Crippen LogP contribution in [0.2, 0.25) is 0 Å². The molecule has 0 fully saturated rings. The highest BCUT2D eigenvalue weighted by atomic mass is 16.5. The second-order valence-electron chi connectivity index (χ2n) is 8.07. The van der Waals surface area contributed by atoms with Gasteiger partial charge in [-0.15, -0.1) is 0 Å². The van der Waals surface area contributed by atoms with Crippen molar-refractivity contribution in [2.24, 2.45) is 0 Å². The number of carbonyl (C=O) groups is 1. The highest BCUT2D eigenvalue weighted by Crippen LogP contribution is 2.31. The van der Waals surface area contributed by atoms with Crippen LogP contribution in [0.5, 0.6) is 11.6 Å². The predicted octanol–water partition coefficient (Wildman–Crippen LogP) is 7.14. The van der Waals surface area contributed by atoms with Gasteiger partial charge in [0.15, 0.2) is 0 Å². The summed E-state index contributed by atoms with van der Waals surface area (Å²) in [7, 11) is 0. The lowest BCUT2D eigenvalue weighted by Gasteiger charge is -2.16. The lowest BCUT2D eigenvalue weighted by Crippen LogP contribution is -2.12. The topological polar surface area (TPSA) is 68.7 Å². The van der Waals surface area contributed by atoms with Crippen molar-refractivity contribution in [2.75, 3.05) is 6.61 Å². The number of rotatable bonds is 15. The van der Waals surface area contributed by atoms with Gasteiger partial charge in [-0.05, 0) is 43.5 Å². The van der Waals surface area contributed by atoms with Crippen LogP contribution in [0, 0.1) is 0 Å². The maximum absolute atomic E-state index is 11.4. The molecule has 0 unspecified atom stereocenters. The fraction of sp³-hybridized carbons (Fsp3) is 0.538. The number of unbranched alkanes of at least 4 members (excludes halogenated alkanes) is 7. The molecular formula is C26H37NO4. The minimum Gasteiger partial charge on any atom is -0.494 e. The van der Waals surface area contributed by atoms with E-state index in [1.165, 1.54) is 51.1 Å². The van der Waals surface area contributed by atoms with E-state index in [0.29, 0.717) is 18.1 Å². The molecule has 1 aromatic heterocycles. The number of benzene rings is 1. The van der Waals surface area contributed by atoms with Crippen LogP contribution in [0.15, 0.2) is 36.5 Å². The molecule has 0 aliphatic carbocycles. The molecular weight excluding hydrogens is 390 g/mol. The first-order valence-electron chi connectivity index (χ1n) is 11.7. The first-order chi connectivity index (χ1) is 15.0. The van der Waals surface area contributed by atoms with Crippen LogP contribution in [0.4, 0.5) is 0 Å². The zero-order valence-electron chi connectivity index (χ0n) is 19.2. The molecule has 1 N–H and O–H groups in total. The number of ether oxygens (including phenoxy) is 2. The van der Waals surface area contributed by atoms with Gasteiger partial charge in [-0.25, -0.2) is 9.78 Å². The molecule has 31 heavy (non-hydrogen) atoms. The van der Waals surface area contributed by atoms with Crippen LogP contribution in [0.1, 0.15) is 88.9 Å². The summed E-state index contributed by atoms with van der Waals surface area (Å²) in [5.41, 5.74) is 1.67. The Morgan fingerprint density at radius 1 is 1.00 bits per heavy atom. The van der Waals surface area contributed by atoms with Crippen molar-refractivity contribution < 1.29 is 19.4 Å². The van der Waals surface area contributed by atoms with Gasteiger partial charge in [0.05, 0.1) is 18.3 Å². The van der Waals surface area contributed by atoms with E-state index in [2.05, 4.69) is 11.9 Å². The van der Waals surface area contributed by atoms with Crippen LogP contribution < -0.4 is 9.47 Å². The zero-order chi connectivity index (χ0) is 22.5. The number of aromatic carboxylic acids is 1. The van der Waals surface area contributed by atoms with Crippen LogP contribution in [0.3, 0.4) is 0 Å². The third kappa shape index (κ3) is 8.60. The Bertz CT molecular complexity index is 788. The van der Waals surface area contributed by atoms with Crippen molar-refractivity contribution >= 4 is 5.97 Å². The van der Waals surface area contributed by atoms with Gasteiger partial charge in [0.25, 0.3) is 0 Å². The summed E-state index contributed by atoms with van der Waals surface area (Å²) >= 11 is 0. The van der Waals surface area contributed by atoms with Crippen molar-refractivity contribution in [2.45, 2.75) is 84.7 Å². The number of pyridine rings is 1. The molecule has 0 spiro atoms. The molecule has 170 valence electrons. The molecule has 0 aliphatic rings. The number of carboxylic acid groups (broad SMARTS) is 1. The maximum atomic E-state index is 11.4. The van der Waals surface area contributed by atoms with E-state index in [-0.39, 0.29) is 11.7 Å². The third-order valence-electron chi connectivity index (χ3n) is 5.42. The fourth-order valence-corrected chi connectivity index (χ4v) is 3.30. The van der Waals surface area contributed by atoms with E-state index in [9.17, 15) is 9.90 Å². The number of hydrogen-bond acceptors (Lipinski definition) is 4. The average molecular weight is 428 g/mol. The zero-order valence-corrected chi connectivity index (χ0v) is 19.2. The Kier molecular flexibility index (Phi) is 10.9. The Morgan fingerprint density at radius 2 is 1.65 bits per heavy atom. The summed E-state index contributed by atoms with van der Waals surface area (Å²) in [5.74, 6) is 0.263. The van der Waals surface area contributed by atoms with Crippen molar-refractivity contribution in [1.82, 2.24) is 4.98 Å². The second kappa shape index (κ2) is 13.7. The Balaban J connectivity index is 1.91. The molecule has 5 heteroatoms. The average Bonchev–Trinajstić information content (AvgIpc) is 2.78. The first-order valence-corrected chi connectivity index (χ1v) is 11.7. The Labute approximate surface area is 186 Å². The molecule has 2 aromatic rings. The quantitative estimate of drug-likeness (QED) is 0.306. The summed E-state index contributed by atoms with van der Waals surface area (Å²) in [4.78, 5) is 15.6. The van der Waals surface area contributed by atoms with E-state index in [0.717, 1.165) is 24.2 Å². The Morgan fingerprint density at radius 3 is 2.26 bits per heavy atom. The van der Waals surface area contributed by atoms with Gasteiger partial charge in [0.2, 0.25) is 5.88 Å². The van der Waals surface area contributed by atoms with Crippen LogP contribution in [0.25, 0.3) is 11.1 Å². The van der Waals surface area contributed by atoms with Gasteiger partial charge in [0.1, 0.15) is 5.75 Å². The van der Waals surface area contributed by atoms with Gasteiger partial charge >= 0.3 is 5.97 Å². The normalized spacial score (nSPS) is 11.8. The van der Waals surface area contributed by atoms with Crippen LogP contribution in [-0.2, 0) is 0 Å². The first kappa shape index (κ1) is 24.7. The van der Waals surface area contributed by atoms with E-state index >= 15 is 0 Å². The van der Waals surface area contributed by atoms with E-state index < -0.39 is 5.97 Å². The van der Waals surface area contributed by atoms with Crippen molar-refractivity contribution in [1.29, 1.82) is 0 Å². The highest BCUT2D eigenvalue weighted by Gasteiger charge is 2.15. The van der Waals surface area contributed by atoms with Gasteiger partial charge in [-0.1, -0.05) is 70.9 Å². The molecule has 0 aliphatic heterocycles. The smallest absolute Gasteiger partial charge is 0.337 e. The maximum Gasteiger partial charge on any atom is 0.337 e. The molecule has 0 radical (unpaired) electrons. The summed E-state index contributed by atoms with van der Waals surface area (Å²) in [5, 5.41) is 9.33. The van der Waals surface area contributed by atoms with E-state index in [1.807, 2.05) is 38.1 Å². The largest absolute Gasteiger partial charge is 0.494 e. The minimum atomic E-state index is -1.01. The van der Waals surface area contributed by atoms with Gasteiger partial charge < -0.3 is 14.6 Å². The lowest BCUT2D eigenvalue weighted by atomic mass is 10.0. The minimum absolute atomic E-state index is 0.00354. The molecule has 1 heterocycles. The highest BCUT2D eigenvalue weighted by molar-refractivity contribution is 5.89. The molecule has 1 aromatic carbocycles. The lowest BCUT2D eigenvalue weighted by molar-refractivity contribution is 0.0696. The number of nitrogens with zero attached hydrogens (tertiary/aromatic N) is 1. The summed E-state index contributed by atoms with van der Waals surface area (Å²) < 4.78 is 11.8. The van der Waals surface area contributed by atoms with Crippen LogP contribution >= 0.6 is 0 Å². The fourth-order valence-electron chi connectivity index (χ4n) is 3.30. The van der Waals surface area contributed by atoms with Crippen molar-refractivity contribution in [3.63, 3.8) is 0 Å². The molecule has 5 nitrogen and oxygen atoms in total. The van der Waals surface area contributed by atoms with Crippen LogP contribution in [-0.4, -0.2) is 28.8 Å². The molecule has 0 saturated heterocycles. The summed E-state index contributed by atoms with van der Waals surface area (Å²) in [6.45, 7) is 6.97. The summed E-state index contributed by atoms with van der Waals surface area (Å²) in [6, 6.07) is 9.30. The van der Waals surface area contributed by atoms with Gasteiger partial charge in [0, 0.05) is 11.8 Å². The van der Waals surface area contributed by atoms with E-state index in [1.54, 1.807) is 6.07 Å². The molecule has 0 saturated carbocycles. The second-order valence-corrected chi connectivity index (χ2v) is 8.07. The standard InChI is InChI=1S/C26H37NO4/c1-4-6-7-8-9-10-11-12-17-30-23-15-13-21(14-16-23)24-18-22(26(28)29)19-27-25(24)31-20(3)5-2/h13-16,18-20H,4-12,17H2,1-3H3,(H,28,29)/t20-/m0/s1. The number of aromatic nitrogens is 1. The molecule has 1 atom stereocenters. The molecule has 2 rings (SSSR count). The van der Waals surface area contributed by atoms with Gasteiger partial charge in [-0.3, -0.25) is 0 Å². The Hall–Kier alpha value is -2.56. The monoisotopic (exact) mass is 427 g/mol. The number of carboxylic acids is 1.